The second-order valence-corrected chi connectivity index (χ2v) is 10.7. The molecule has 3 atom stereocenters. The Morgan fingerprint density at radius 3 is 2.65 bits per heavy atom. The summed E-state index contributed by atoms with van der Waals surface area (Å²) in [6.45, 7) is 1.82. The number of carbonyl (C=O) groups is 4. The molecule has 2 aromatic heterocycles. The second kappa shape index (κ2) is 9.14. The first-order valence-electron chi connectivity index (χ1n) is 12.0. The van der Waals surface area contributed by atoms with Crippen LogP contribution in [0.25, 0.3) is 10.2 Å². The minimum atomic E-state index is -0.956. The van der Waals surface area contributed by atoms with Gasteiger partial charge in [-0.15, -0.1) is 11.3 Å². The van der Waals surface area contributed by atoms with Gasteiger partial charge in [-0.3, -0.25) is 19.2 Å². The zero-order valence-corrected chi connectivity index (χ0v) is 20.0. The number of Topliss-reactive ketones (excluding diaryl/α,β-unsaturated/α-hetero) is 1. The van der Waals surface area contributed by atoms with E-state index in [1.807, 2.05) is 18.4 Å². The van der Waals surface area contributed by atoms with Gasteiger partial charge in [0.1, 0.15) is 18.3 Å². The lowest BCUT2D eigenvalue weighted by Crippen LogP contribution is -2.64. The zero-order chi connectivity index (χ0) is 24.0. The van der Waals surface area contributed by atoms with Crippen LogP contribution in [0.15, 0.2) is 11.4 Å². The number of nitrogens with zero attached hydrogens (tertiary/aromatic N) is 1. The monoisotopic (exact) mass is 486 g/mol. The van der Waals surface area contributed by atoms with Crippen molar-refractivity contribution in [3.05, 3.63) is 22.7 Å². The van der Waals surface area contributed by atoms with E-state index in [2.05, 4.69) is 15.6 Å². The molecule has 182 valence electrons. The standard InChI is InChI=1S/C24H30N4O5S/c1-12-11-34-19-9-17(26-20(12)19)24(33)28-15-4-2-13(3-5-15)21(28)23(32)27-16(18(30)10-29)8-14-6-7-25-22(14)31/h9,11,13-16,21,26,29H,2-8,10H2,1H3,(H,25,31)(H,27,32)/t13?,14-,15?,16-,21-/m0/s1. The summed E-state index contributed by atoms with van der Waals surface area (Å²) in [5, 5.41) is 17.1. The van der Waals surface area contributed by atoms with Gasteiger partial charge in [-0.25, -0.2) is 0 Å². The first-order chi connectivity index (χ1) is 16.4. The minimum absolute atomic E-state index is 0.0198. The number of rotatable bonds is 7. The number of amides is 3. The Hall–Kier alpha value is -2.72. The van der Waals surface area contributed by atoms with Crippen LogP contribution in [0.5, 0.6) is 0 Å². The number of hydrogen-bond donors (Lipinski definition) is 4. The van der Waals surface area contributed by atoms with Gasteiger partial charge in [0.15, 0.2) is 5.78 Å². The normalized spacial score (nSPS) is 27.1. The number of thiophene rings is 1. The van der Waals surface area contributed by atoms with Crippen molar-refractivity contribution in [2.24, 2.45) is 11.8 Å². The van der Waals surface area contributed by atoms with Gasteiger partial charge in [0.05, 0.1) is 16.3 Å². The molecule has 9 nitrogen and oxygen atoms in total. The van der Waals surface area contributed by atoms with Crippen LogP contribution in [0.3, 0.4) is 0 Å². The van der Waals surface area contributed by atoms with Crippen molar-refractivity contribution in [1.29, 1.82) is 0 Å². The van der Waals surface area contributed by atoms with E-state index in [4.69, 9.17) is 0 Å². The molecule has 0 aromatic carbocycles. The molecule has 4 N–H and O–H groups in total. The fraction of sp³-hybridized carbons (Fsp3) is 0.583. The van der Waals surface area contributed by atoms with Crippen molar-refractivity contribution in [2.75, 3.05) is 13.2 Å². The second-order valence-electron chi connectivity index (χ2n) is 9.76. The van der Waals surface area contributed by atoms with E-state index < -0.39 is 24.5 Å². The van der Waals surface area contributed by atoms with Crippen LogP contribution in [0.2, 0.25) is 0 Å². The average molecular weight is 487 g/mol. The highest BCUT2D eigenvalue weighted by atomic mass is 32.1. The summed E-state index contributed by atoms with van der Waals surface area (Å²) in [5.74, 6) is -1.59. The van der Waals surface area contributed by atoms with E-state index in [-0.39, 0.29) is 42.0 Å². The summed E-state index contributed by atoms with van der Waals surface area (Å²) in [7, 11) is 0. The van der Waals surface area contributed by atoms with Gasteiger partial charge in [0.25, 0.3) is 5.91 Å². The molecular weight excluding hydrogens is 456 g/mol. The Morgan fingerprint density at radius 1 is 1.24 bits per heavy atom. The van der Waals surface area contributed by atoms with Crippen LogP contribution in [-0.2, 0) is 14.4 Å². The number of H-pyrrole nitrogens is 1. The maximum absolute atomic E-state index is 13.6. The summed E-state index contributed by atoms with van der Waals surface area (Å²) in [6.07, 6.45) is 4.17. The lowest BCUT2D eigenvalue weighted by molar-refractivity contribution is -0.137. The number of aliphatic hydroxyl groups is 1. The molecule has 3 aliphatic heterocycles. The summed E-state index contributed by atoms with van der Waals surface area (Å²) < 4.78 is 1.01. The fourth-order valence-electron chi connectivity index (χ4n) is 5.86. The lowest BCUT2D eigenvalue weighted by atomic mass is 9.74. The maximum Gasteiger partial charge on any atom is 0.271 e. The molecule has 10 heteroatoms. The van der Waals surface area contributed by atoms with Gasteiger partial charge in [-0.05, 0) is 68.4 Å². The first kappa shape index (κ1) is 23.0. The summed E-state index contributed by atoms with van der Waals surface area (Å²) >= 11 is 1.58. The summed E-state index contributed by atoms with van der Waals surface area (Å²) in [6, 6.07) is 0.197. The molecule has 34 heavy (non-hydrogen) atoms. The van der Waals surface area contributed by atoms with Crippen LogP contribution in [0.4, 0.5) is 0 Å². The number of ketones is 1. The molecule has 3 saturated heterocycles. The number of nitrogens with one attached hydrogen (secondary N) is 3. The molecule has 3 amide bonds. The third-order valence-corrected chi connectivity index (χ3v) is 8.74. The number of aromatic nitrogens is 1. The summed E-state index contributed by atoms with van der Waals surface area (Å²) in [5.41, 5.74) is 2.50. The predicted molar refractivity (Wildman–Crippen MR) is 126 cm³/mol. The smallest absolute Gasteiger partial charge is 0.271 e. The van der Waals surface area contributed by atoms with Crippen LogP contribution in [0.1, 0.15) is 54.6 Å². The van der Waals surface area contributed by atoms with E-state index in [0.29, 0.717) is 18.7 Å². The number of aliphatic hydroxyl groups excluding tert-OH is 1. The van der Waals surface area contributed by atoms with Gasteiger partial charge >= 0.3 is 0 Å². The molecule has 6 rings (SSSR count). The van der Waals surface area contributed by atoms with E-state index >= 15 is 0 Å². The SMILES string of the molecule is Cc1csc2cc(C(=O)N3C4CCC(CC4)[C@H]3C(=O)N[C@@H](C[C@@H]3CCNC3=O)C(=O)CO)[nH]c12. The van der Waals surface area contributed by atoms with Crippen LogP contribution in [0, 0.1) is 18.8 Å². The Morgan fingerprint density at radius 2 is 2.00 bits per heavy atom. The Kier molecular flexibility index (Phi) is 6.20. The molecule has 2 aromatic rings. The molecule has 2 bridgehead atoms. The highest BCUT2D eigenvalue weighted by Crippen LogP contribution is 2.41. The summed E-state index contributed by atoms with van der Waals surface area (Å²) in [4.78, 5) is 56.6. The van der Waals surface area contributed by atoms with E-state index in [9.17, 15) is 24.3 Å². The highest BCUT2D eigenvalue weighted by molar-refractivity contribution is 7.17. The van der Waals surface area contributed by atoms with Crippen LogP contribution in [-0.4, -0.2) is 69.8 Å². The van der Waals surface area contributed by atoms with Gasteiger partial charge in [0.2, 0.25) is 11.8 Å². The molecule has 0 spiro atoms. The molecule has 0 unspecified atom stereocenters. The van der Waals surface area contributed by atoms with Gasteiger partial charge in [0, 0.05) is 18.5 Å². The number of fused-ring (bicyclic) bond motifs is 4. The maximum atomic E-state index is 13.6. The van der Waals surface area contributed by atoms with Gasteiger partial charge in [-0.1, -0.05) is 0 Å². The highest BCUT2D eigenvalue weighted by Gasteiger charge is 2.48. The predicted octanol–water partition coefficient (Wildman–Crippen LogP) is 1.49. The number of carbonyl (C=O) groups excluding carboxylic acids is 4. The average Bonchev–Trinajstić information content (AvgIpc) is 3.55. The fourth-order valence-corrected chi connectivity index (χ4v) is 6.80. The van der Waals surface area contributed by atoms with Crippen molar-refractivity contribution in [1.82, 2.24) is 20.5 Å². The van der Waals surface area contributed by atoms with E-state index in [1.165, 1.54) is 0 Å². The largest absolute Gasteiger partial charge is 0.389 e. The topological polar surface area (TPSA) is 132 Å². The molecule has 1 aliphatic carbocycles. The molecule has 4 aliphatic rings. The number of aryl methyl sites for hydroxylation is 1. The molecule has 1 saturated carbocycles. The lowest BCUT2D eigenvalue weighted by Gasteiger charge is -2.50. The van der Waals surface area contributed by atoms with Crippen molar-refractivity contribution in [3.8, 4) is 0 Å². The number of piperidine rings is 2. The van der Waals surface area contributed by atoms with Crippen molar-refractivity contribution in [2.45, 2.75) is 63.6 Å². The quantitative estimate of drug-likeness (QED) is 0.471. The van der Waals surface area contributed by atoms with Crippen LogP contribution >= 0.6 is 11.3 Å². The van der Waals surface area contributed by atoms with Gasteiger partial charge in [-0.2, -0.15) is 0 Å². The Balaban J connectivity index is 1.38. The Bertz CT molecular complexity index is 1130. The van der Waals surface area contributed by atoms with Crippen LogP contribution < -0.4 is 10.6 Å². The molecule has 0 radical (unpaired) electrons. The molecule has 4 fully saturated rings. The van der Waals surface area contributed by atoms with E-state index in [0.717, 1.165) is 41.5 Å². The molecule has 5 heterocycles. The Labute approximate surface area is 201 Å². The third kappa shape index (κ3) is 4.02. The van der Waals surface area contributed by atoms with Gasteiger partial charge < -0.3 is 25.6 Å². The van der Waals surface area contributed by atoms with Crippen molar-refractivity contribution < 1.29 is 24.3 Å². The molecular formula is C24H30N4O5S. The van der Waals surface area contributed by atoms with Crippen molar-refractivity contribution >= 4 is 45.1 Å². The minimum Gasteiger partial charge on any atom is -0.389 e. The number of aromatic amines is 1. The third-order valence-electron chi connectivity index (χ3n) is 7.70. The first-order valence-corrected chi connectivity index (χ1v) is 12.9. The van der Waals surface area contributed by atoms with E-state index in [1.54, 1.807) is 16.2 Å². The zero-order valence-electron chi connectivity index (χ0n) is 19.1. The number of hydrogen-bond acceptors (Lipinski definition) is 6. The van der Waals surface area contributed by atoms with Crippen molar-refractivity contribution in [3.63, 3.8) is 0 Å².